The molecule has 1 amide bonds. The van der Waals surface area contributed by atoms with Crippen molar-refractivity contribution < 1.29 is 9.90 Å². The van der Waals surface area contributed by atoms with Gasteiger partial charge in [-0.15, -0.1) is 6.58 Å². The molecule has 0 aliphatic heterocycles. The van der Waals surface area contributed by atoms with Crippen molar-refractivity contribution in [2.24, 2.45) is 0 Å². The predicted octanol–water partition coefficient (Wildman–Crippen LogP) is 0.664. The maximum absolute atomic E-state index is 12.3. The zero-order chi connectivity index (χ0) is 15.0. The number of aliphatic hydroxyl groups is 1. The van der Waals surface area contributed by atoms with Crippen molar-refractivity contribution in [3.8, 4) is 0 Å². The first-order valence-electron chi connectivity index (χ1n) is 6.73. The molecule has 1 N–H and O–H groups in total. The fourth-order valence-corrected chi connectivity index (χ4v) is 1.75. The van der Waals surface area contributed by atoms with E-state index in [9.17, 15) is 9.59 Å². The lowest BCUT2D eigenvalue weighted by Crippen LogP contribution is -2.36. The Morgan fingerprint density at radius 2 is 2.30 bits per heavy atom. The molecule has 0 unspecified atom stereocenters. The Morgan fingerprint density at radius 3 is 2.90 bits per heavy atom. The van der Waals surface area contributed by atoms with E-state index in [4.69, 9.17) is 5.11 Å². The first-order valence-corrected chi connectivity index (χ1v) is 6.73. The molecule has 0 spiro atoms. The van der Waals surface area contributed by atoms with E-state index in [2.05, 4.69) is 11.7 Å². The number of carbonyl (C=O) groups is 1. The minimum atomic E-state index is -0.316. The van der Waals surface area contributed by atoms with E-state index in [1.54, 1.807) is 6.08 Å². The van der Waals surface area contributed by atoms with Gasteiger partial charge in [-0.25, -0.2) is 4.68 Å². The summed E-state index contributed by atoms with van der Waals surface area (Å²) < 4.78 is 1.31. The molecule has 0 atom stereocenters. The molecule has 0 saturated carbocycles. The van der Waals surface area contributed by atoms with Crippen LogP contribution < -0.4 is 5.56 Å². The molecule has 0 aromatic carbocycles. The second-order valence-electron chi connectivity index (χ2n) is 4.40. The molecule has 0 aliphatic rings. The Hall–Kier alpha value is -1.95. The standard InChI is InChI=1S/C14H21N3O3/c1-3-5-9-17-13(19)7-6-12(15-17)14(20)16(8-4-2)10-11-18/h4,6-7,18H,2-3,5,8-11H2,1H3. The Balaban J connectivity index is 2.96. The maximum atomic E-state index is 12.3. The summed E-state index contributed by atoms with van der Waals surface area (Å²) in [6, 6.07) is 2.77. The lowest BCUT2D eigenvalue weighted by Gasteiger charge is -2.19. The third kappa shape index (κ3) is 4.31. The highest BCUT2D eigenvalue weighted by atomic mass is 16.3. The quantitative estimate of drug-likeness (QED) is 0.709. The fraction of sp³-hybridized carbons (Fsp3) is 0.500. The molecule has 0 saturated heterocycles. The summed E-state index contributed by atoms with van der Waals surface area (Å²) in [4.78, 5) is 25.3. The van der Waals surface area contributed by atoms with Crippen LogP contribution in [0, 0.1) is 0 Å². The average molecular weight is 279 g/mol. The molecule has 1 aromatic heterocycles. The molecular weight excluding hydrogens is 258 g/mol. The number of rotatable bonds is 8. The summed E-state index contributed by atoms with van der Waals surface area (Å²) in [7, 11) is 0. The van der Waals surface area contributed by atoms with Crippen molar-refractivity contribution in [2.45, 2.75) is 26.3 Å². The smallest absolute Gasteiger partial charge is 0.274 e. The number of hydrogen-bond acceptors (Lipinski definition) is 4. The maximum Gasteiger partial charge on any atom is 0.274 e. The Kier molecular flexibility index (Phi) is 6.66. The number of unbranched alkanes of at least 4 members (excludes halogenated alkanes) is 1. The van der Waals surface area contributed by atoms with Gasteiger partial charge in [-0.1, -0.05) is 19.4 Å². The number of hydrogen-bond donors (Lipinski definition) is 1. The van der Waals surface area contributed by atoms with Crippen LogP contribution in [-0.2, 0) is 6.54 Å². The molecule has 0 bridgehead atoms. The van der Waals surface area contributed by atoms with Gasteiger partial charge in [0, 0.05) is 25.7 Å². The van der Waals surface area contributed by atoms with Crippen LogP contribution in [0.5, 0.6) is 0 Å². The van der Waals surface area contributed by atoms with E-state index in [1.165, 1.54) is 21.7 Å². The van der Waals surface area contributed by atoms with Crippen LogP contribution in [0.4, 0.5) is 0 Å². The summed E-state index contributed by atoms with van der Waals surface area (Å²) >= 11 is 0. The van der Waals surface area contributed by atoms with Gasteiger partial charge >= 0.3 is 0 Å². The third-order valence-corrected chi connectivity index (χ3v) is 2.82. The van der Waals surface area contributed by atoms with Gasteiger partial charge in [-0.05, 0) is 12.5 Å². The highest BCUT2D eigenvalue weighted by molar-refractivity contribution is 5.92. The van der Waals surface area contributed by atoms with Gasteiger partial charge in [0.15, 0.2) is 0 Å². The molecule has 110 valence electrons. The molecule has 1 aromatic rings. The van der Waals surface area contributed by atoms with Crippen molar-refractivity contribution in [1.29, 1.82) is 0 Å². The molecule has 1 rings (SSSR count). The highest BCUT2D eigenvalue weighted by Crippen LogP contribution is 2.01. The van der Waals surface area contributed by atoms with E-state index >= 15 is 0 Å². The van der Waals surface area contributed by atoms with Crippen molar-refractivity contribution in [3.63, 3.8) is 0 Å². The largest absolute Gasteiger partial charge is 0.395 e. The minimum absolute atomic E-state index is 0.130. The normalized spacial score (nSPS) is 10.3. The second-order valence-corrected chi connectivity index (χ2v) is 4.40. The monoisotopic (exact) mass is 279 g/mol. The van der Waals surface area contributed by atoms with E-state index in [0.29, 0.717) is 13.1 Å². The van der Waals surface area contributed by atoms with Crippen LogP contribution in [0.15, 0.2) is 29.6 Å². The molecule has 0 fully saturated rings. The molecule has 0 radical (unpaired) electrons. The summed E-state index contributed by atoms with van der Waals surface area (Å²) in [5.41, 5.74) is -0.0107. The van der Waals surface area contributed by atoms with Crippen LogP contribution in [0.3, 0.4) is 0 Å². The second kappa shape index (κ2) is 8.27. The number of carbonyl (C=O) groups excluding carboxylic acids is 1. The summed E-state index contributed by atoms with van der Waals surface area (Å²) in [5.74, 6) is -0.316. The van der Waals surface area contributed by atoms with Gasteiger partial charge in [-0.2, -0.15) is 5.10 Å². The van der Waals surface area contributed by atoms with Crippen LogP contribution in [0.25, 0.3) is 0 Å². The minimum Gasteiger partial charge on any atom is -0.395 e. The van der Waals surface area contributed by atoms with Crippen molar-refractivity contribution in [2.75, 3.05) is 19.7 Å². The van der Waals surface area contributed by atoms with E-state index in [1.807, 2.05) is 6.92 Å². The lowest BCUT2D eigenvalue weighted by molar-refractivity contribution is 0.0734. The van der Waals surface area contributed by atoms with Crippen LogP contribution in [0.2, 0.25) is 0 Å². The molecule has 6 nitrogen and oxygen atoms in total. The Labute approximate surface area is 118 Å². The summed E-state index contributed by atoms with van der Waals surface area (Å²) in [6.45, 7) is 6.51. The Morgan fingerprint density at radius 1 is 1.55 bits per heavy atom. The Bertz CT molecular complexity index is 511. The van der Waals surface area contributed by atoms with E-state index in [-0.39, 0.29) is 30.3 Å². The van der Waals surface area contributed by atoms with Crippen LogP contribution >= 0.6 is 0 Å². The number of aromatic nitrogens is 2. The van der Waals surface area contributed by atoms with Crippen LogP contribution in [-0.4, -0.2) is 45.4 Å². The van der Waals surface area contributed by atoms with Crippen molar-refractivity contribution >= 4 is 5.91 Å². The first-order chi connectivity index (χ1) is 9.63. The van der Waals surface area contributed by atoms with Crippen molar-refractivity contribution in [1.82, 2.24) is 14.7 Å². The predicted molar refractivity (Wildman–Crippen MR) is 76.6 cm³/mol. The van der Waals surface area contributed by atoms with Gasteiger partial charge < -0.3 is 10.0 Å². The zero-order valence-corrected chi connectivity index (χ0v) is 11.8. The number of nitrogens with zero attached hydrogens (tertiary/aromatic N) is 3. The highest BCUT2D eigenvalue weighted by Gasteiger charge is 2.16. The molecule has 0 aliphatic carbocycles. The molecule has 1 heterocycles. The number of aliphatic hydroxyl groups excluding tert-OH is 1. The molecule has 20 heavy (non-hydrogen) atoms. The average Bonchev–Trinajstić information content (AvgIpc) is 2.45. The van der Waals surface area contributed by atoms with Gasteiger partial charge in [0.05, 0.1) is 6.61 Å². The van der Waals surface area contributed by atoms with Gasteiger partial charge in [-0.3, -0.25) is 9.59 Å². The van der Waals surface area contributed by atoms with Gasteiger partial charge in [0.1, 0.15) is 5.69 Å². The van der Waals surface area contributed by atoms with E-state index < -0.39 is 0 Å². The SMILES string of the molecule is C=CCN(CCO)C(=O)c1ccc(=O)n(CCCC)n1. The topological polar surface area (TPSA) is 75.4 Å². The van der Waals surface area contributed by atoms with E-state index in [0.717, 1.165) is 12.8 Å². The summed E-state index contributed by atoms with van der Waals surface area (Å²) in [6.07, 6.45) is 3.36. The zero-order valence-electron chi connectivity index (χ0n) is 11.8. The number of aryl methyl sites for hydroxylation is 1. The first kappa shape index (κ1) is 16.1. The van der Waals surface area contributed by atoms with Crippen molar-refractivity contribution in [3.05, 3.63) is 40.8 Å². The fourth-order valence-electron chi connectivity index (χ4n) is 1.75. The summed E-state index contributed by atoms with van der Waals surface area (Å²) in [5, 5.41) is 13.1. The third-order valence-electron chi connectivity index (χ3n) is 2.82. The van der Waals surface area contributed by atoms with Gasteiger partial charge in [0.25, 0.3) is 11.5 Å². The van der Waals surface area contributed by atoms with Gasteiger partial charge in [0.2, 0.25) is 0 Å². The molecular formula is C14H21N3O3. The molecule has 6 heteroatoms. The lowest BCUT2D eigenvalue weighted by atomic mass is 10.3. The van der Waals surface area contributed by atoms with Crippen LogP contribution in [0.1, 0.15) is 30.3 Å². The number of amides is 1.